The van der Waals surface area contributed by atoms with Gasteiger partial charge >= 0.3 is 0 Å². The van der Waals surface area contributed by atoms with Crippen molar-refractivity contribution in [2.24, 2.45) is 11.8 Å². The van der Waals surface area contributed by atoms with Crippen LogP contribution < -0.4 is 5.32 Å². The van der Waals surface area contributed by atoms with Crippen molar-refractivity contribution in [1.82, 2.24) is 5.32 Å². The van der Waals surface area contributed by atoms with E-state index in [0.29, 0.717) is 31.6 Å². The van der Waals surface area contributed by atoms with Crippen LogP contribution in [0.15, 0.2) is 36.6 Å². The van der Waals surface area contributed by atoms with Crippen LogP contribution in [-0.4, -0.2) is 27.5 Å². The van der Waals surface area contributed by atoms with E-state index < -0.39 is 6.10 Å². The molecule has 31 heavy (non-hydrogen) atoms. The number of carbonyl (C=O) groups excluding carboxylic acids is 2. The predicted molar refractivity (Wildman–Crippen MR) is 136 cm³/mol. The van der Waals surface area contributed by atoms with Crippen molar-refractivity contribution in [1.29, 1.82) is 0 Å². The number of Topliss-reactive ketones (excluding diaryl/α,β-unsaturated/α-hetero) is 1. The van der Waals surface area contributed by atoms with Crippen LogP contribution in [0.5, 0.6) is 0 Å². The van der Waals surface area contributed by atoms with Gasteiger partial charge in [0.15, 0.2) is 0 Å². The molecule has 1 aliphatic rings. The number of carbonyl (C=O) groups is 2. The predicted octanol–water partition coefficient (Wildman–Crippen LogP) is 6.51. The number of rotatable bonds is 11. The van der Waals surface area contributed by atoms with Crippen LogP contribution >= 0.6 is 12.9 Å². The van der Waals surface area contributed by atoms with Crippen molar-refractivity contribution in [2.45, 2.75) is 99.0 Å². The molecule has 5 nitrogen and oxygen atoms in total. The van der Waals surface area contributed by atoms with Crippen LogP contribution in [-0.2, 0) is 9.59 Å². The Hall–Kier alpha value is -1.37. The summed E-state index contributed by atoms with van der Waals surface area (Å²) in [5, 5.41) is 12.3. The molecule has 0 aromatic carbocycles. The normalized spacial score (nSPS) is 17.3. The number of thiol groups is 1. The average molecular weight is 458 g/mol. The second kappa shape index (κ2) is 23.3. The van der Waals surface area contributed by atoms with Gasteiger partial charge in [-0.05, 0) is 63.8 Å². The molecule has 3 unspecified atom stereocenters. The monoisotopic (exact) mass is 457 g/mol. The third-order valence-electron chi connectivity index (χ3n) is 4.65. The van der Waals surface area contributed by atoms with Crippen LogP contribution in [0.3, 0.4) is 0 Å². The molecule has 0 aliphatic carbocycles. The third-order valence-corrected chi connectivity index (χ3v) is 4.65. The number of hydrogen-bond acceptors (Lipinski definition) is 5. The van der Waals surface area contributed by atoms with Gasteiger partial charge in [-0.2, -0.15) is 0 Å². The highest BCUT2D eigenvalue weighted by atomic mass is 32.1. The lowest BCUT2D eigenvalue weighted by Crippen LogP contribution is -2.31. The number of aliphatic hydroxyl groups is 1. The maximum Gasteiger partial charge on any atom is 0.224 e. The van der Waals surface area contributed by atoms with Gasteiger partial charge in [-0.1, -0.05) is 58.9 Å². The molecule has 1 fully saturated rings. The summed E-state index contributed by atoms with van der Waals surface area (Å²) in [6.07, 6.45) is 8.92. The minimum Gasteiger partial charge on any atom is -0.389 e. The first-order chi connectivity index (χ1) is 14.8. The summed E-state index contributed by atoms with van der Waals surface area (Å²) in [6.45, 7) is 19.5. The zero-order valence-electron chi connectivity index (χ0n) is 20.6. The Kier molecular flexibility index (Phi) is 25.7. The lowest BCUT2D eigenvalue weighted by atomic mass is 9.90. The average Bonchev–Trinajstić information content (AvgIpc) is 2.75. The maximum absolute atomic E-state index is 12.1. The number of amides is 1. The molecular formula is C25H47NO4S. The number of hydrogen-bond donors (Lipinski definition) is 4. The van der Waals surface area contributed by atoms with Gasteiger partial charge in [-0.3, -0.25) is 9.59 Å². The molecule has 1 aliphatic heterocycles. The second-order valence-electron chi connectivity index (χ2n) is 7.39. The molecule has 0 aromatic heterocycles. The Morgan fingerprint density at radius 1 is 1.19 bits per heavy atom. The van der Waals surface area contributed by atoms with Crippen molar-refractivity contribution in [3.63, 3.8) is 0 Å². The van der Waals surface area contributed by atoms with Gasteiger partial charge in [-0.25, -0.2) is 0 Å². The van der Waals surface area contributed by atoms with Gasteiger partial charge in [0.25, 0.3) is 0 Å². The van der Waals surface area contributed by atoms with E-state index in [4.69, 9.17) is 4.55 Å². The van der Waals surface area contributed by atoms with E-state index in [1.54, 1.807) is 6.08 Å². The van der Waals surface area contributed by atoms with Crippen LogP contribution in [0.1, 0.15) is 92.9 Å². The Bertz CT molecular complexity index is 516. The first-order valence-electron chi connectivity index (χ1n) is 11.5. The first-order valence-corrected chi connectivity index (χ1v) is 11.9. The van der Waals surface area contributed by atoms with Crippen molar-refractivity contribution in [3.05, 3.63) is 36.6 Å². The minimum absolute atomic E-state index is 0.0454. The maximum atomic E-state index is 12.1. The molecule has 1 saturated heterocycles. The number of ketones is 1. The highest BCUT2D eigenvalue weighted by Gasteiger charge is 2.21. The smallest absolute Gasteiger partial charge is 0.224 e. The molecule has 0 radical (unpaired) electrons. The summed E-state index contributed by atoms with van der Waals surface area (Å²) in [7, 11) is 0. The largest absolute Gasteiger partial charge is 0.389 e. The molecule has 0 bridgehead atoms. The SMILES string of the molecule is C=CC(O)CC(C)/C=C(/C)CCC(=O)CCCC1CC(=C)NC(=O)C1.CC.CC.OS. The molecule has 1 heterocycles. The molecular weight excluding hydrogens is 410 g/mol. The summed E-state index contributed by atoms with van der Waals surface area (Å²) in [6, 6.07) is 0. The van der Waals surface area contributed by atoms with E-state index in [9.17, 15) is 14.7 Å². The lowest BCUT2D eigenvalue weighted by Gasteiger charge is -2.23. The molecule has 1 rings (SSSR count). The first kappa shape index (κ1) is 34.2. The molecule has 3 N–H and O–H groups in total. The van der Waals surface area contributed by atoms with Gasteiger partial charge in [0.2, 0.25) is 5.91 Å². The summed E-state index contributed by atoms with van der Waals surface area (Å²) in [5.41, 5.74) is 1.99. The number of allylic oxidation sites excluding steroid dienone is 3. The standard InChI is InChI=1S/C21H33NO3.2C2H6.H2OS/c1-5-19(23)12-16(3)11-15(2)9-10-20(24)8-6-7-18-13-17(4)22-21(25)14-18;3*1-2/h5,11,16,18-19,23H,1,4,6-10,12-14H2,2-3H3,(H,22,25);2*1-2H3;1-2H/b15-11-;;;. The van der Waals surface area contributed by atoms with Gasteiger partial charge in [0.1, 0.15) is 5.78 Å². The summed E-state index contributed by atoms with van der Waals surface area (Å²) in [5.74, 6) is 0.927. The molecule has 0 aromatic rings. The Labute approximate surface area is 196 Å². The Morgan fingerprint density at radius 2 is 1.77 bits per heavy atom. The van der Waals surface area contributed by atoms with Crippen molar-refractivity contribution >= 4 is 24.6 Å². The Balaban J connectivity index is -0.00000120. The molecule has 0 saturated carbocycles. The van der Waals surface area contributed by atoms with Crippen molar-refractivity contribution < 1.29 is 19.2 Å². The summed E-state index contributed by atoms with van der Waals surface area (Å²) < 4.78 is 6.69. The number of piperidine rings is 1. The van der Waals surface area contributed by atoms with E-state index in [0.717, 1.165) is 31.4 Å². The highest BCUT2D eigenvalue weighted by Crippen LogP contribution is 2.24. The van der Waals surface area contributed by atoms with Crippen LogP contribution in [0.4, 0.5) is 0 Å². The number of nitrogens with one attached hydrogen (secondary N) is 1. The summed E-state index contributed by atoms with van der Waals surface area (Å²) >= 11 is 2.53. The second-order valence-corrected chi connectivity index (χ2v) is 7.39. The zero-order chi connectivity index (χ0) is 24.8. The van der Waals surface area contributed by atoms with E-state index in [1.165, 1.54) is 5.57 Å². The minimum atomic E-state index is -0.473. The molecule has 0 spiro atoms. The van der Waals surface area contributed by atoms with E-state index in [1.807, 2.05) is 34.6 Å². The topological polar surface area (TPSA) is 86.6 Å². The molecule has 3 atom stereocenters. The van der Waals surface area contributed by atoms with Gasteiger partial charge in [-0.15, -0.1) is 6.58 Å². The fourth-order valence-electron chi connectivity index (χ4n) is 3.35. The van der Waals surface area contributed by atoms with E-state index in [-0.39, 0.29) is 17.6 Å². The van der Waals surface area contributed by atoms with E-state index >= 15 is 0 Å². The fraction of sp³-hybridized carbons (Fsp3) is 0.680. The zero-order valence-corrected chi connectivity index (χ0v) is 21.5. The highest BCUT2D eigenvalue weighted by molar-refractivity contribution is 7.74. The summed E-state index contributed by atoms with van der Waals surface area (Å²) in [4.78, 5) is 23.5. The molecule has 6 heteroatoms. The van der Waals surface area contributed by atoms with Crippen molar-refractivity contribution in [3.8, 4) is 0 Å². The number of aliphatic hydroxyl groups excluding tert-OH is 1. The van der Waals surface area contributed by atoms with Crippen LogP contribution in [0, 0.1) is 11.8 Å². The van der Waals surface area contributed by atoms with E-state index in [2.05, 4.69) is 44.4 Å². The lowest BCUT2D eigenvalue weighted by molar-refractivity contribution is -0.122. The third kappa shape index (κ3) is 20.3. The van der Waals surface area contributed by atoms with Crippen molar-refractivity contribution in [2.75, 3.05) is 0 Å². The van der Waals surface area contributed by atoms with Gasteiger partial charge < -0.3 is 15.0 Å². The molecule has 1 amide bonds. The van der Waals surface area contributed by atoms with Gasteiger partial charge in [0, 0.05) is 25.0 Å². The molecule has 182 valence electrons. The van der Waals surface area contributed by atoms with Crippen LogP contribution in [0.25, 0.3) is 0 Å². The van der Waals surface area contributed by atoms with Crippen LogP contribution in [0.2, 0.25) is 0 Å². The Morgan fingerprint density at radius 3 is 2.29 bits per heavy atom. The quantitative estimate of drug-likeness (QED) is 0.162. The fourth-order valence-corrected chi connectivity index (χ4v) is 3.35. The van der Waals surface area contributed by atoms with Gasteiger partial charge in [0.05, 0.1) is 6.10 Å².